The van der Waals surface area contributed by atoms with Gasteiger partial charge in [-0.3, -0.25) is 0 Å². The van der Waals surface area contributed by atoms with E-state index in [9.17, 15) is 0 Å². The first kappa shape index (κ1) is 37.5. The molecule has 0 saturated heterocycles. The van der Waals surface area contributed by atoms with Gasteiger partial charge in [0.1, 0.15) is 0 Å². The van der Waals surface area contributed by atoms with E-state index in [1.54, 1.807) is 0 Å². The summed E-state index contributed by atoms with van der Waals surface area (Å²) >= 11 is 0. The first-order valence-electron chi connectivity index (χ1n) is 22.8. The Kier molecular flexibility index (Phi) is 8.36. The standard InChI is InChI=1S/C65H44/c1-65(2)63-39-50(48-22-20-41-12-6-8-16-44(41)32-48)25-30-57(63)58-31-26-51(40-64(58)65)49-24-28-55-54(34-49)38-61(52-23-21-42-13-7-9-17-45(42)33-52)62-37-53(27-29-56(55)62)60-36-47-19-11-10-18-46(47)35-59(60)43-14-4-3-5-15-43/h3-40H,1-2H3. The van der Waals surface area contributed by atoms with Crippen LogP contribution in [-0.4, -0.2) is 0 Å². The number of fused-ring (bicyclic) bond motifs is 9. The van der Waals surface area contributed by atoms with E-state index in [4.69, 9.17) is 0 Å². The third-order valence-electron chi connectivity index (χ3n) is 14.4. The second kappa shape index (κ2) is 14.5. The zero-order valence-corrected chi connectivity index (χ0v) is 36.4. The molecule has 0 radical (unpaired) electrons. The van der Waals surface area contributed by atoms with E-state index >= 15 is 0 Å². The normalized spacial score (nSPS) is 12.9. The van der Waals surface area contributed by atoms with E-state index in [0.717, 1.165) is 0 Å². The van der Waals surface area contributed by atoms with Crippen molar-refractivity contribution in [3.05, 3.63) is 242 Å². The van der Waals surface area contributed by atoms with E-state index < -0.39 is 0 Å². The molecule has 0 saturated carbocycles. The summed E-state index contributed by atoms with van der Waals surface area (Å²) in [6, 6.07) is 86.2. The Bertz CT molecular complexity index is 3900. The van der Waals surface area contributed by atoms with Crippen LogP contribution in [-0.2, 0) is 5.41 Å². The van der Waals surface area contributed by atoms with E-state index in [2.05, 4.69) is 244 Å². The number of hydrogen-bond donors (Lipinski definition) is 0. The van der Waals surface area contributed by atoms with Crippen LogP contribution in [0.2, 0.25) is 0 Å². The van der Waals surface area contributed by atoms with Crippen LogP contribution in [0.4, 0.5) is 0 Å². The molecule has 0 N–H and O–H groups in total. The molecule has 304 valence electrons. The van der Waals surface area contributed by atoms with Gasteiger partial charge in [-0.2, -0.15) is 0 Å². The molecule has 0 heteroatoms. The van der Waals surface area contributed by atoms with Gasteiger partial charge in [0.2, 0.25) is 0 Å². The zero-order chi connectivity index (χ0) is 43.2. The van der Waals surface area contributed by atoms with Crippen molar-refractivity contribution >= 4 is 53.9 Å². The lowest BCUT2D eigenvalue weighted by molar-refractivity contribution is 0.661. The molecule has 13 rings (SSSR count). The molecular formula is C65H44. The van der Waals surface area contributed by atoms with E-state index in [0.29, 0.717) is 0 Å². The van der Waals surface area contributed by atoms with Crippen molar-refractivity contribution in [1.82, 2.24) is 0 Å². The summed E-state index contributed by atoms with van der Waals surface area (Å²) in [7, 11) is 0. The van der Waals surface area contributed by atoms with Crippen molar-refractivity contribution in [2.75, 3.05) is 0 Å². The Balaban J connectivity index is 0.947. The summed E-state index contributed by atoms with van der Waals surface area (Å²) < 4.78 is 0. The second-order valence-corrected chi connectivity index (χ2v) is 18.5. The average Bonchev–Trinajstić information content (AvgIpc) is 3.59. The Hall–Kier alpha value is -8.06. The highest BCUT2D eigenvalue weighted by atomic mass is 14.4. The highest BCUT2D eigenvalue weighted by Gasteiger charge is 2.36. The highest BCUT2D eigenvalue weighted by Crippen LogP contribution is 2.51. The van der Waals surface area contributed by atoms with Crippen molar-refractivity contribution in [3.8, 4) is 66.8 Å². The highest BCUT2D eigenvalue weighted by molar-refractivity contribution is 6.16. The van der Waals surface area contributed by atoms with E-state index in [-0.39, 0.29) is 5.41 Å². The predicted octanol–water partition coefficient (Wildman–Crippen LogP) is 18.1. The maximum atomic E-state index is 2.46. The van der Waals surface area contributed by atoms with E-state index in [1.807, 2.05) is 0 Å². The maximum Gasteiger partial charge on any atom is 0.0159 e. The topological polar surface area (TPSA) is 0 Å². The molecule has 0 unspecified atom stereocenters. The van der Waals surface area contributed by atoms with Gasteiger partial charge < -0.3 is 0 Å². The van der Waals surface area contributed by atoms with E-state index in [1.165, 1.54) is 132 Å². The molecule has 0 spiro atoms. The molecule has 1 aliphatic carbocycles. The Labute approximate surface area is 379 Å². The summed E-state index contributed by atoms with van der Waals surface area (Å²) in [6.45, 7) is 4.78. The van der Waals surface area contributed by atoms with Gasteiger partial charge in [0.05, 0.1) is 0 Å². The van der Waals surface area contributed by atoms with Crippen LogP contribution in [0, 0.1) is 0 Å². The lowest BCUT2D eigenvalue weighted by Gasteiger charge is -2.23. The van der Waals surface area contributed by atoms with Gasteiger partial charge in [-0.15, -0.1) is 0 Å². The van der Waals surface area contributed by atoms with Crippen LogP contribution in [0.5, 0.6) is 0 Å². The molecule has 0 fully saturated rings. The molecule has 0 bridgehead atoms. The van der Waals surface area contributed by atoms with Gasteiger partial charge in [-0.05, 0) is 186 Å². The number of benzene rings is 12. The summed E-state index contributed by atoms with van der Waals surface area (Å²) in [6.07, 6.45) is 0. The summed E-state index contributed by atoms with van der Waals surface area (Å²) in [5.41, 5.74) is 17.7. The lowest BCUT2D eigenvalue weighted by atomic mass is 9.80. The van der Waals surface area contributed by atoms with Gasteiger partial charge in [0.25, 0.3) is 0 Å². The van der Waals surface area contributed by atoms with Gasteiger partial charge in [0, 0.05) is 5.41 Å². The molecule has 65 heavy (non-hydrogen) atoms. The van der Waals surface area contributed by atoms with Gasteiger partial charge >= 0.3 is 0 Å². The predicted molar refractivity (Wildman–Crippen MR) is 279 cm³/mol. The lowest BCUT2D eigenvalue weighted by Crippen LogP contribution is -2.15. The van der Waals surface area contributed by atoms with Crippen LogP contribution in [0.1, 0.15) is 25.0 Å². The Morgan fingerprint density at radius 3 is 1.23 bits per heavy atom. The third-order valence-corrected chi connectivity index (χ3v) is 14.4. The fourth-order valence-electron chi connectivity index (χ4n) is 10.9. The van der Waals surface area contributed by atoms with Crippen molar-refractivity contribution in [3.63, 3.8) is 0 Å². The molecule has 0 aliphatic heterocycles. The van der Waals surface area contributed by atoms with Gasteiger partial charge in [0.15, 0.2) is 0 Å². The van der Waals surface area contributed by atoms with Crippen molar-refractivity contribution in [2.24, 2.45) is 0 Å². The molecule has 0 amide bonds. The van der Waals surface area contributed by atoms with Crippen LogP contribution in [0.15, 0.2) is 231 Å². The minimum absolute atomic E-state index is 0.146. The maximum absolute atomic E-state index is 2.46. The molecule has 0 nitrogen and oxygen atoms in total. The first-order chi connectivity index (χ1) is 31.9. The van der Waals surface area contributed by atoms with Crippen LogP contribution in [0.25, 0.3) is 121 Å². The van der Waals surface area contributed by atoms with Crippen LogP contribution in [0.3, 0.4) is 0 Å². The first-order valence-corrected chi connectivity index (χ1v) is 22.8. The molecule has 12 aromatic rings. The van der Waals surface area contributed by atoms with Crippen LogP contribution >= 0.6 is 0 Å². The largest absolute Gasteiger partial charge is 0.0622 e. The summed E-state index contributed by atoms with van der Waals surface area (Å²) in [4.78, 5) is 0. The zero-order valence-electron chi connectivity index (χ0n) is 36.4. The second-order valence-electron chi connectivity index (χ2n) is 18.5. The molecular weight excluding hydrogens is 781 g/mol. The van der Waals surface area contributed by atoms with Crippen LogP contribution < -0.4 is 0 Å². The van der Waals surface area contributed by atoms with Crippen molar-refractivity contribution in [2.45, 2.75) is 19.3 Å². The number of rotatable bonds is 5. The molecule has 12 aromatic carbocycles. The smallest absolute Gasteiger partial charge is 0.0159 e. The SMILES string of the molecule is CC1(C)c2cc(-c3ccc4ccccc4c3)ccc2-c2ccc(-c3ccc4c(c3)cc(-c3ccc5ccccc5c3)c3cc(-c5cc6ccccc6cc5-c5ccccc5)ccc34)cc21. The minimum Gasteiger partial charge on any atom is -0.0622 e. The summed E-state index contributed by atoms with van der Waals surface area (Å²) in [5, 5.41) is 12.5. The van der Waals surface area contributed by atoms with Gasteiger partial charge in [-0.1, -0.05) is 190 Å². The Morgan fingerprint density at radius 2 is 0.615 bits per heavy atom. The van der Waals surface area contributed by atoms with Gasteiger partial charge in [-0.25, -0.2) is 0 Å². The number of hydrogen-bond acceptors (Lipinski definition) is 0. The fraction of sp³-hybridized carbons (Fsp3) is 0.0462. The molecule has 1 aliphatic rings. The monoisotopic (exact) mass is 824 g/mol. The fourth-order valence-corrected chi connectivity index (χ4v) is 10.9. The minimum atomic E-state index is -0.146. The summed E-state index contributed by atoms with van der Waals surface area (Å²) in [5.74, 6) is 0. The molecule has 0 aromatic heterocycles. The molecule has 0 atom stereocenters. The third kappa shape index (κ3) is 6.13. The molecule has 0 heterocycles. The van der Waals surface area contributed by atoms with Crippen molar-refractivity contribution in [1.29, 1.82) is 0 Å². The quantitative estimate of drug-likeness (QED) is 0.152. The average molecular weight is 825 g/mol. The Morgan fingerprint density at radius 1 is 0.215 bits per heavy atom. The van der Waals surface area contributed by atoms with Crippen molar-refractivity contribution < 1.29 is 0 Å².